The predicted molar refractivity (Wildman–Crippen MR) is 118 cm³/mol. The maximum Gasteiger partial charge on any atom is 0.339 e. The predicted octanol–water partition coefficient (Wildman–Crippen LogP) is 7.88. The second kappa shape index (κ2) is 16.4. The number of para-hydroxylation sites is 1. The average Bonchev–Trinajstić information content (AvgIpc) is 2.67. The number of benzene rings is 1. The van der Waals surface area contributed by atoms with E-state index in [4.69, 9.17) is 9.84 Å². The molecule has 0 spiro atoms. The number of carboxylic acids is 1. The van der Waals surface area contributed by atoms with Crippen molar-refractivity contribution < 1.29 is 14.6 Å². The molecule has 0 atom stereocenters. The molecule has 0 heterocycles. The molecule has 0 aromatic heterocycles. The number of ether oxygens (including phenoxy) is 1. The zero-order valence-corrected chi connectivity index (χ0v) is 18.3. The third-order valence-electron chi connectivity index (χ3n) is 5.30. The number of aromatic carboxylic acids is 1. The molecule has 3 nitrogen and oxygen atoms in total. The van der Waals surface area contributed by atoms with Crippen LogP contribution in [0.1, 0.15) is 114 Å². The van der Waals surface area contributed by atoms with E-state index in [1.165, 1.54) is 77.0 Å². The summed E-state index contributed by atoms with van der Waals surface area (Å²) in [6.45, 7) is 5.23. The first-order valence-electron chi connectivity index (χ1n) is 11.6. The molecule has 1 N–H and O–H groups in total. The number of carboxylic acid groups (broad SMARTS) is 1. The lowest BCUT2D eigenvalue weighted by molar-refractivity contribution is 0.0692. The summed E-state index contributed by atoms with van der Waals surface area (Å²) in [5, 5.41) is 9.13. The first-order chi connectivity index (χ1) is 13.6. The van der Waals surface area contributed by atoms with Gasteiger partial charge in [-0.25, -0.2) is 4.79 Å². The normalized spacial score (nSPS) is 11.1. The fraction of sp³-hybridized carbons (Fsp3) is 0.720. The van der Waals surface area contributed by atoms with E-state index in [1.54, 1.807) is 18.2 Å². The Hall–Kier alpha value is -1.51. The van der Waals surface area contributed by atoms with Crippen molar-refractivity contribution in [2.45, 2.75) is 104 Å². The van der Waals surface area contributed by atoms with E-state index >= 15 is 0 Å². The highest BCUT2D eigenvalue weighted by molar-refractivity contribution is 5.90. The van der Waals surface area contributed by atoms with Gasteiger partial charge in [-0.3, -0.25) is 0 Å². The second-order valence-corrected chi connectivity index (χ2v) is 8.43. The topological polar surface area (TPSA) is 46.5 Å². The van der Waals surface area contributed by atoms with Gasteiger partial charge in [0.15, 0.2) is 0 Å². The van der Waals surface area contributed by atoms with E-state index in [0.717, 1.165) is 18.8 Å². The molecule has 1 aromatic carbocycles. The molecule has 0 radical (unpaired) electrons. The molecule has 0 aliphatic rings. The molecule has 0 bridgehead atoms. The molecule has 1 aromatic rings. The monoisotopic (exact) mass is 390 g/mol. The molecule has 0 aliphatic heterocycles. The van der Waals surface area contributed by atoms with Crippen LogP contribution < -0.4 is 4.74 Å². The molecular weight excluding hydrogens is 348 g/mol. The number of hydrogen-bond donors (Lipinski definition) is 1. The fourth-order valence-corrected chi connectivity index (χ4v) is 3.55. The third kappa shape index (κ3) is 12.8. The van der Waals surface area contributed by atoms with Crippen LogP contribution in [0.4, 0.5) is 0 Å². The molecule has 28 heavy (non-hydrogen) atoms. The van der Waals surface area contributed by atoms with Gasteiger partial charge >= 0.3 is 5.97 Å². The quantitative estimate of drug-likeness (QED) is 0.259. The van der Waals surface area contributed by atoms with Crippen molar-refractivity contribution in [2.75, 3.05) is 6.61 Å². The van der Waals surface area contributed by atoms with Crippen molar-refractivity contribution >= 4 is 5.97 Å². The summed E-state index contributed by atoms with van der Waals surface area (Å²) in [6, 6.07) is 6.86. The van der Waals surface area contributed by atoms with Crippen LogP contribution in [-0.4, -0.2) is 17.7 Å². The van der Waals surface area contributed by atoms with E-state index in [9.17, 15) is 4.79 Å². The van der Waals surface area contributed by atoms with Gasteiger partial charge in [-0.1, -0.05) is 109 Å². The van der Waals surface area contributed by atoms with Crippen LogP contribution >= 0.6 is 0 Å². The van der Waals surface area contributed by atoms with Gasteiger partial charge in [0, 0.05) is 0 Å². The lowest BCUT2D eigenvalue weighted by atomic mass is 10.0. The largest absolute Gasteiger partial charge is 0.493 e. The summed E-state index contributed by atoms with van der Waals surface area (Å²) >= 11 is 0. The Balaban J connectivity index is 1.84. The molecule has 1 rings (SSSR count). The van der Waals surface area contributed by atoms with E-state index in [0.29, 0.717) is 12.4 Å². The SMILES string of the molecule is CC(C)CCCCCCCCCCCCCCCOc1ccccc1C(=O)O. The molecule has 160 valence electrons. The summed E-state index contributed by atoms with van der Waals surface area (Å²) in [5.41, 5.74) is 0.248. The number of rotatable bonds is 18. The Bertz CT molecular complexity index is 510. The molecule has 0 unspecified atom stereocenters. The minimum absolute atomic E-state index is 0.248. The Kier molecular flexibility index (Phi) is 14.4. The fourth-order valence-electron chi connectivity index (χ4n) is 3.55. The first-order valence-corrected chi connectivity index (χ1v) is 11.6. The summed E-state index contributed by atoms with van der Waals surface area (Å²) in [5.74, 6) is 0.415. The number of hydrogen-bond acceptors (Lipinski definition) is 2. The highest BCUT2D eigenvalue weighted by Gasteiger charge is 2.09. The lowest BCUT2D eigenvalue weighted by Gasteiger charge is -2.08. The van der Waals surface area contributed by atoms with Crippen LogP contribution in [0.2, 0.25) is 0 Å². The highest BCUT2D eigenvalue weighted by atomic mass is 16.5. The van der Waals surface area contributed by atoms with Crippen LogP contribution in [-0.2, 0) is 0 Å². The van der Waals surface area contributed by atoms with Crippen LogP contribution in [0.3, 0.4) is 0 Å². The smallest absolute Gasteiger partial charge is 0.339 e. The summed E-state index contributed by atoms with van der Waals surface area (Å²) in [6.07, 6.45) is 18.7. The summed E-state index contributed by atoms with van der Waals surface area (Å²) in [7, 11) is 0. The minimum atomic E-state index is -0.929. The average molecular weight is 391 g/mol. The van der Waals surface area contributed by atoms with Crippen molar-refractivity contribution in [1.29, 1.82) is 0 Å². The zero-order valence-electron chi connectivity index (χ0n) is 18.3. The van der Waals surface area contributed by atoms with Gasteiger partial charge < -0.3 is 9.84 Å². The van der Waals surface area contributed by atoms with Crippen molar-refractivity contribution in [2.24, 2.45) is 5.92 Å². The summed E-state index contributed by atoms with van der Waals surface area (Å²) in [4.78, 5) is 11.1. The molecule has 0 saturated carbocycles. The molecule has 0 aliphatic carbocycles. The van der Waals surface area contributed by atoms with E-state index in [-0.39, 0.29) is 5.56 Å². The minimum Gasteiger partial charge on any atom is -0.493 e. The molecular formula is C25H42O3. The van der Waals surface area contributed by atoms with Gasteiger partial charge in [0.2, 0.25) is 0 Å². The van der Waals surface area contributed by atoms with Gasteiger partial charge in [-0.2, -0.15) is 0 Å². The Morgan fingerprint density at radius 2 is 1.25 bits per heavy atom. The van der Waals surface area contributed by atoms with Gasteiger partial charge in [0.1, 0.15) is 11.3 Å². The maximum absolute atomic E-state index is 11.1. The Labute approximate surface area is 172 Å². The maximum atomic E-state index is 11.1. The van der Waals surface area contributed by atoms with Crippen molar-refractivity contribution in [3.05, 3.63) is 29.8 Å². The summed E-state index contributed by atoms with van der Waals surface area (Å²) < 4.78 is 5.64. The van der Waals surface area contributed by atoms with Gasteiger partial charge in [-0.15, -0.1) is 0 Å². The van der Waals surface area contributed by atoms with Crippen molar-refractivity contribution in [1.82, 2.24) is 0 Å². The Morgan fingerprint density at radius 3 is 1.75 bits per heavy atom. The van der Waals surface area contributed by atoms with Crippen LogP contribution in [0, 0.1) is 5.92 Å². The van der Waals surface area contributed by atoms with Crippen molar-refractivity contribution in [3.63, 3.8) is 0 Å². The van der Waals surface area contributed by atoms with Crippen LogP contribution in [0.5, 0.6) is 5.75 Å². The molecule has 0 amide bonds. The van der Waals surface area contributed by atoms with E-state index in [2.05, 4.69) is 13.8 Å². The van der Waals surface area contributed by atoms with Crippen molar-refractivity contribution in [3.8, 4) is 5.75 Å². The number of carbonyl (C=O) groups is 1. The molecule has 3 heteroatoms. The van der Waals surface area contributed by atoms with E-state index < -0.39 is 5.97 Å². The number of unbranched alkanes of at least 4 members (excludes halogenated alkanes) is 12. The molecule has 0 saturated heterocycles. The second-order valence-electron chi connectivity index (χ2n) is 8.43. The first kappa shape index (κ1) is 24.5. The van der Waals surface area contributed by atoms with Crippen LogP contribution in [0.15, 0.2) is 24.3 Å². The Morgan fingerprint density at radius 1 is 0.786 bits per heavy atom. The van der Waals surface area contributed by atoms with Gasteiger partial charge in [-0.05, 0) is 24.5 Å². The third-order valence-corrected chi connectivity index (χ3v) is 5.30. The van der Waals surface area contributed by atoms with Gasteiger partial charge in [0.25, 0.3) is 0 Å². The lowest BCUT2D eigenvalue weighted by Crippen LogP contribution is -2.04. The van der Waals surface area contributed by atoms with Gasteiger partial charge in [0.05, 0.1) is 6.61 Å². The molecule has 0 fully saturated rings. The van der Waals surface area contributed by atoms with Crippen LogP contribution in [0.25, 0.3) is 0 Å². The highest BCUT2D eigenvalue weighted by Crippen LogP contribution is 2.18. The standard InChI is InChI=1S/C25H42O3/c1-22(2)18-14-12-10-8-6-4-3-5-7-9-11-13-17-21-28-24-20-16-15-19-23(24)25(26)27/h15-16,19-20,22H,3-14,17-18,21H2,1-2H3,(H,26,27). The zero-order chi connectivity index (χ0) is 20.5. The van der Waals surface area contributed by atoms with E-state index in [1.807, 2.05) is 6.07 Å².